The lowest BCUT2D eigenvalue weighted by atomic mass is 10.3. The maximum Gasteiger partial charge on any atom is 0.291 e. The number of amides is 1. The number of carbonyl (C=O) groups excluding carboxylic acids is 1. The molecule has 0 atom stereocenters. The van der Waals surface area contributed by atoms with Crippen LogP contribution in [0.2, 0.25) is 0 Å². The van der Waals surface area contributed by atoms with Gasteiger partial charge in [0.1, 0.15) is 6.33 Å². The van der Waals surface area contributed by atoms with Crippen LogP contribution in [0.1, 0.15) is 37.8 Å². The van der Waals surface area contributed by atoms with Crippen molar-refractivity contribution < 1.29 is 4.79 Å². The lowest BCUT2D eigenvalue weighted by Gasteiger charge is -2.22. The number of rotatable bonds is 8. The fourth-order valence-electron chi connectivity index (χ4n) is 1.89. The van der Waals surface area contributed by atoms with Crippen LogP contribution in [0, 0.1) is 0 Å². The molecule has 1 heterocycles. The van der Waals surface area contributed by atoms with Gasteiger partial charge >= 0.3 is 0 Å². The molecular formula is C12H23N5O. The van der Waals surface area contributed by atoms with Crippen LogP contribution in [0.3, 0.4) is 0 Å². The summed E-state index contributed by atoms with van der Waals surface area (Å²) in [5.74, 6) is 0.245. The van der Waals surface area contributed by atoms with Gasteiger partial charge in [0.05, 0.1) is 0 Å². The maximum absolute atomic E-state index is 12.0. The van der Waals surface area contributed by atoms with Gasteiger partial charge in [-0.15, -0.1) is 0 Å². The molecule has 1 rings (SSSR count). The third kappa shape index (κ3) is 4.10. The predicted molar refractivity (Wildman–Crippen MR) is 70.4 cm³/mol. The molecule has 102 valence electrons. The zero-order valence-corrected chi connectivity index (χ0v) is 11.5. The summed E-state index contributed by atoms with van der Waals surface area (Å²) in [5.41, 5.74) is 0. The number of aromatic nitrogens is 3. The van der Waals surface area contributed by atoms with Crippen LogP contribution >= 0.6 is 0 Å². The van der Waals surface area contributed by atoms with E-state index < -0.39 is 0 Å². The molecule has 0 fully saturated rings. The van der Waals surface area contributed by atoms with Crippen molar-refractivity contribution in [2.75, 3.05) is 32.7 Å². The second-order valence-corrected chi connectivity index (χ2v) is 4.10. The van der Waals surface area contributed by atoms with E-state index >= 15 is 0 Å². The third-order valence-corrected chi connectivity index (χ3v) is 3.08. The summed E-state index contributed by atoms with van der Waals surface area (Å²) in [4.78, 5) is 20.1. The van der Waals surface area contributed by atoms with Gasteiger partial charge in [0.2, 0.25) is 5.82 Å². The van der Waals surface area contributed by atoms with E-state index in [1.165, 1.54) is 6.33 Å². The SMILES string of the molecule is CCN(CC)CCCN(CC)C(=O)c1ncn[nH]1. The van der Waals surface area contributed by atoms with Gasteiger partial charge in [-0.3, -0.25) is 9.89 Å². The van der Waals surface area contributed by atoms with Gasteiger partial charge in [-0.25, -0.2) is 4.98 Å². The molecule has 6 nitrogen and oxygen atoms in total. The highest BCUT2D eigenvalue weighted by molar-refractivity contribution is 5.90. The predicted octanol–water partition coefficient (Wildman–Crippen LogP) is 0.999. The topological polar surface area (TPSA) is 65.1 Å². The molecule has 0 aliphatic heterocycles. The van der Waals surface area contributed by atoms with E-state index in [4.69, 9.17) is 0 Å². The summed E-state index contributed by atoms with van der Waals surface area (Å²) >= 11 is 0. The molecule has 0 aliphatic carbocycles. The average molecular weight is 253 g/mol. The van der Waals surface area contributed by atoms with Crippen LogP contribution in [0.25, 0.3) is 0 Å². The molecule has 1 aromatic rings. The number of carbonyl (C=O) groups is 1. The Kier molecular flexibility index (Phi) is 6.35. The summed E-state index contributed by atoms with van der Waals surface area (Å²) in [7, 11) is 0. The Morgan fingerprint density at radius 1 is 1.22 bits per heavy atom. The normalized spacial score (nSPS) is 10.9. The molecule has 0 saturated heterocycles. The fraction of sp³-hybridized carbons (Fsp3) is 0.750. The van der Waals surface area contributed by atoms with E-state index in [9.17, 15) is 4.79 Å². The molecule has 18 heavy (non-hydrogen) atoms. The van der Waals surface area contributed by atoms with Crippen LogP contribution < -0.4 is 0 Å². The molecule has 1 aromatic heterocycles. The Bertz CT molecular complexity index is 334. The largest absolute Gasteiger partial charge is 0.336 e. The fourth-order valence-corrected chi connectivity index (χ4v) is 1.89. The lowest BCUT2D eigenvalue weighted by molar-refractivity contribution is 0.0745. The Hall–Kier alpha value is -1.43. The van der Waals surface area contributed by atoms with Gasteiger partial charge in [0.15, 0.2) is 0 Å². The number of nitrogens with zero attached hydrogens (tertiary/aromatic N) is 4. The zero-order valence-electron chi connectivity index (χ0n) is 11.5. The van der Waals surface area contributed by atoms with Gasteiger partial charge in [0.25, 0.3) is 5.91 Å². The van der Waals surface area contributed by atoms with Gasteiger partial charge < -0.3 is 9.80 Å². The van der Waals surface area contributed by atoms with Crippen molar-refractivity contribution in [1.29, 1.82) is 0 Å². The summed E-state index contributed by atoms with van der Waals surface area (Å²) in [5, 5.41) is 6.31. The van der Waals surface area contributed by atoms with Crippen LogP contribution in [0.5, 0.6) is 0 Å². The van der Waals surface area contributed by atoms with Crippen molar-refractivity contribution in [3.63, 3.8) is 0 Å². The number of hydrogen-bond acceptors (Lipinski definition) is 4. The first-order chi connectivity index (χ1) is 8.72. The molecule has 1 amide bonds. The van der Waals surface area contributed by atoms with Crippen LogP contribution in [-0.2, 0) is 0 Å². The number of hydrogen-bond donors (Lipinski definition) is 1. The van der Waals surface area contributed by atoms with Gasteiger partial charge in [-0.2, -0.15) is 5.10 Å². The highest BCUT2D eigenvalue weighted by atomic mass is 16.2. The van der Waals surface area contributed by atoms with Crippen molar-refractivity contribution in [2.45, 2.75) is 27.2 Å². The van der Waals surface area contributed by atoms with E-state index in [0.29, 0.717) is 12.4 Å². The van der Waals surface area contributed by atoms with E-state index in [1.807, 2.05) is 6.92 Å². The molecule has 0 radical (unpaired) electrons. The molecule has 0 aromatic carbocycles. The van der Waals surface area contributed by atoms with Gasteiger partial charge in [0, 0.05) is 13.1 Å². The molecule has 0 spiro atoms. The van der Waals surface area contributed by atoms with E-state index in [0.717, 1.165) is 32.6 Å². The quantitative estimate of drug-likeness (QED) is 0.750. The van der Waals surface area contributed by atoms with Crippen molar-refractivity contribution in [3.05, 3.63) is 12.2 Å². The van der Waals surface area contributed by atoms with Gasteiger partial charge in [-0.1, -0.05) is 13.8 Å². The average Bonchev–Trinajstić information content (AvgIpc) is 2.92. The minimum absolute atomic E-state index is 0.0745. The molecule has 0 bridgehead atoms. The standard InChI is InChI=1S/C12H23N5O/c1-4-16(5-2)8-7-9-17(6-3)12(18)11-13-10-14-15-11/h10H,4-9H2,1-3H3,(H,13,14,15). The van der Waals surface area contributed by atoms with Crippen molar-refractivity contribution >= 4 is 5.91 Å². The van der Waals surface area contributed by atoms with Crippen molar-refractivity contribution in [1.82, 2.24) is 25.0 Å². The number of nitrogens with one attached hydrogen (secondary N) is 1. The summed E-state index contributed by atoms with van der Waals surface area (Å²) in [6, 6.07) is 0. The highest BCUT2D eigenvalue weighted by Gasteiger charge is 2.16. The molecule has 6 heteroatoms. The summed E-state index contributed by atoms with van der Waals surface area (Å²) in [6.45, 7) is 10.9. The van der Waals surface area contributed by atoms with E-state index in [2.05, 4.69) is 33.9 Å². The Morgan fingerprint density at radius 2 is 1.94 bits per heavy atom. The minimum atomic E-state index is -0.0745. The lowest BCUT2D eigenvalue weighted by Crippen LogP contribution is -2.35. The van der Waals surface area contributed by atoms with Crippen LogP contribution in [-0.4, -0.2) is 63.6 Å². The summed E-state index contributed by atoms with van der Waals surface area (Å²) < 4.78 is 0. The molecule has 1 N–H and O–H groups in total. The van der Waals surface area contributed by atoms with Crippen LogP contribution in [0.15, 0.2) is 6.33 Å². The molecule has 0 aliphatic rings. The van der Waals surface area contributed by atoms with Crippen molar-refractivity contribution in [3.8, 4) is 0 Å². The maximum atomic E-state index is 12.0. The first-order valence-corrected chi connectivity index (χ1v) is 6.59. The smallest absolute Gasteiger partial charge is 0.291 e. The first kappa shape index (κ1) is 14.6. The van der Waals surface area contributed by atoms with Crippen molar-refractivity contribution in [2.24, 2.45) is 0 Å². The van der Waals surface area contributed by atoms with Crippen LogP contribution in [0.4, 0.5) is 0 Å². The second-order valence-electron chi connectivity index (χ2n) is 4.10. The second kappa shape index (κ2) is 7.81. The molecule has 0 saturated carbocycles. The molecular weight excluding hydrogens is 230 g/mol. The Labute approximate surface area is 108 Å². The Morgan fingerprint density at radius 3 is 2.44 bits per heavy atom. The van der Waals surface area contributed by atoms with E-state index in [1.54, 1.807) is 4.90 Å². The van der Waals surface area contributed by atoms with E-state index in [-0.39, 0.29) is 5.91 Å². The first-order valence-electron chi connectivity index (χ1n) is 6.59. The monoisotopic (exact) mass is 253 g/mol. The third-order valence-electron chi connectivity index (χ3n) is 3.08. The molecule has 0 unspecified atom stereocenters. The van der Waals surface area contributed by atoms with Gasteiger partial charge in [-0.05, 0) is 33.0 Å². The highest BCUT2D eigenvalue weighted by Crippen LogP contribution is 2.00. The summed E-state index contributed by atoms with van der Waals surface area (Å²) in [6.07, 6.45) is 2.34. The number of H-pyrrole nitrogens is 1. The minimum Gasteiger partial charge on any atom is -0.336 e. The number of aromatic amines is 1. The Balaban J connectivity index is 2.40. The zero-order chi connectivity index (χ0) is 13.4.